The van der Waals surface area contributed by atoms with Gasteiger partial charge in [-0.1, -0.05) is 30.7 Å². The summed E-state index contributed by atoms with van der Waals surface area (Å²) < 4.78 is 12.5. The minimum absolute atomic E-state index is 0.00122. The predicted octanol–water partition coefficient (Wildman–Crippen LogP) is 3.24. The van der Waals surface area contributed by atoms with Gasteiger partial charge in [-0.2, -0.15) is 0 Å². The molecule has 1 amide bonds. The number of aromatic nitrogens is 1. The van der Waals surface area contributed by atoms with Crippen LogP contribution in [-0.2, 0) is 18.3 Å². The van der Waals surface area contributed by atoms with E-state index >= 15 is 0 Å². The van der Waals surface area contributed by atoms with E-state index in [2.05, 4.69) is 5.32 Å². The molecule has 1 aromatic heterocycles. The quantitative estimate of drug-likeness (QED) is 0.549. The van der Waals surface area contributed by atoms with Crippen LogP contribution in [0.5, 0.6) is 5.75 Å². The van der Waals surface area contributed by atoms with Gasteiger partial charge in [-0.15, -0.1) is 0 Å². The van der Waals surface area contributed by atoms with Gasteiger partial charge in [0, 0.05) is 29.4 Å². The van der Waals surface area contributed by atoms with Crippen LogP contribution in [0.3, 0.4) is 0 Å². The Kier molecular flexibility index (Phi) is 6.14. The summed E-state index contributed by atoms with van der Waals surface area (Å²) in [6.45, 7) is 3.60. The zero-order chi connectivity index (χ0) is 23.8. The molecule has 0 unspecified atom stereocenters. The van der Waals surface area contributed by atoms with Gasteiger partial charge in [0.2, 0.25) is 0 Å². The number of aryl methyl sites for hydroxylation is 1. The standard InChI is InChI=1S/C24H23ClN2O6/c1-24(11-32-12-24)13-33-19-9-16(23(30)31)7-15-8-18(22(29)27(2)20(15)19)21(28)26-10-14-3-5-17(25)6-4-14/h3-9H,10-13H2,1-2H3,(H,26,28)(H,30,31). The monoisotopic (exact) mass is 470 g/mol. The highest BCUT2D eigenvalue weighted by Gasteiger charge is 2.34. The molecule has 1 saturated heterocycles. The number of carboxylic acids is 1. The zero-order valence-electron chi connectivity index (χ0n) is 18.2. The van der Waals surface area contributed by atoms with Crippen molar-refractivity contribution in [2.75, 3.05) is 19.8 Å². The van der Waals surface area contributed by atoms with Crippen molar-refractivity contribution in [2.45, 2.75) is 13.5 Å². The molecular weight excluding hydrogens is 448 g/mol. The van der Waals surface area contributed by atoms with Crippen LogP contribution >= 0.6 is 11.6 Å². The highest BCUT2D eigenvalue weighted by molar-refractivity contribution is 6.30. The molecule has 8 nitrogen and oxygen atoms in total. The summed E-state index contributed by atoms with van der Waals surface area (Å²) in [4.78, 5) is 37.5. The number of nitrogens with zero attached hydrogens (tertiary/aromatic N) is 1. The largest absolute Gasteiger partial charge is 0.491 e. The van der Waals surface area contributed by atoms with Crippen LogP contribution in [0.25, 0.3) is 10.9 Å². The van der Waals surface area contributed by atoms with Crippen LogP contribution in [-0.4, -0.2) is 41.4 Å². The Morgan fingerprint density at radius 3 is 2.52 bits per heavy atom. The highest BCUT2D eigenvalue weighted by atomic mass is 35.5. The fourth-order valence-electron chi connectivity index (χ4n) is 3.66. The van der Waals surface area contributed by atoms with Crippen LogP contribution in [0.15, 0.2) is 47.3 Å². The molecule has 0 saturated carbocycles. The van der Waals surface area contributed by atoms with Gasteiger partial charge in [0.25, 0.3) is 11.5 Å². The van der Waals surface area contributed by atoms with Gasteiger partial charge in [0.05, 0.1) is 30.9 Å². The fourth-order valence-corrected chi connectivity index (χ4v) is 3.79. The third-order valence-corrected chi connectivity index (χ3v) is 5.86. The summed E-state index contributed by atoms with van der Waals surface area (Å²) in [5.74, 6) is -1.43. The predicted molar refractivity (Wildman–Crippen MR) is 123 cm³/mol. The van der Waals surface area contributed by atoms with E-state index in [4.69, 9.17) is 21.1 Å². The molecule has 0 spiro atoms. The van der Waals surface area contributed by atoms with Gasteiger partial charge in [0.1, 0.15) is 11.3 Å². The number of ether oxygens (including phenoxy) is 2. The zero-order valence-corrected chi connectivity index (χ0v) is 18.9. The second kappa shape index (κ2) is 8.88. The van der Waals surface area contributed by atoms with Crippen molar-refractivity contribution in [3.05, 3.63) is 74.5 Å². The number of amides is 1. The molecule has 2 N–H and O–H groups in total. The summed E-state index contributed by atoms with van der Waals surface area (Å²) in [7, 11) is 1.53. The van der Waals surface area contributed by atoms with Crippen LogP contribution in [0, 0.1) is 5.41 Å². The van der Waals surface area contributed by atoms with Crippen molar-refractivity contribution in [2.24, 2.45) is 12.5 Å². The molecule has 2 heterocycles. The molecule has 0 radical (unpaired) electrons. The van der Waals surface area contributed by atoms with Crippen molar-refractivity contribution < 1.29 is 24.2 Å². The Hall–Kier alpha value is -3.36. The maximum Gasteiger partial charge on any atom is 0.335 e. The smallest absolute Gasteiger partial charge is 0.335 e. The van der Waals surface area contributed by atoms with Crippen LogP contribution in [0.4, 0.5) is 0 Å². The minimum atomic E-state index is -1.14. The van der Waals surface area contributed by atoms with E-state index in [0.717, 1.165) is 5.56 Å². The number of hydrogen-bond acceptors (Lipinski definition) is 5. The number of carbonyl (C=O) groups excluding carboxylic acids is 1. The van der Waals surface area contributed by atoms with Crippen molar-refractivity contribution in [1.29, 1.82) is 0 Å². The van der Waals surface area contributed by atoms with Crippen molar-refractivity contribution in [3.63, 3.8) is 0 Å². The van der Waals surface area contributed by atoms with Gasteiger partial charge >= 0.3 is 5.97 Å². The Labute approximate surface area is 194 Å². The number of hydrogen-bond donors (Lipinski definition) is 2. The first kappa shape index (κ1) is 22.8. The van der Waals surface area contributed by atoms with Crippen LogP contribution in [0.1, 0.15) is 33.2 Å². The van der Waals surface area contributed by atoms with Crippen LogP contribution < -0.4 is 15.6 Å². The Balaban J connectivity index is 1.69. The molecule has 4 rings (SSSR count). The van der Waals surface area contributed by atoms with Crippen molar-refractivity contribution >= 4 is 34.4 Å². The fraction of sp³-hybridized carbons (Fsp3) is 0.292. The SMILES string of the molecule is Cn1c(=O)c(C(=O)NCc2ccc(Cl)cc2)cc2cc(C(=O)O)cc(OCC3(C)COC3)c21. The summed E-state index contributed by atoms with van der Waals surface area (Å²) in [5, 5.41) is 13.3. The van der Waals surface area contributed by atoms with E-state index in [1.165, 1.54) is 29.8 Å². The highest BCUT2D eigenvalue weighted by Crippen LogP contribution is 2.32. The van der Waals surface area contributed by atoms with Gasteiger partial charge < -0.3 is 24.5 Å². The topological polar surface area (TPSA) is 107 Å². The van der Waals surface area contributed by atoms with E-state index in [1.54, 1.807) is 24.3 Å². The van der Waals surface area contributed by atoms with Crippen LogP contribution in [0.2, 0.25) is 5.02 Å². The third-order valence-electron chi connectivity index (χ3n) is 5.61. The molecule has 0 bridgehead atoms. The van der Waals surface area contributed by atoms with E-state index < -0.39 is 17.4 Å². The molecule has 1 aliphatic heterocycles. The second-order valence-electron chi connectivity index (χ2n) is 8.54. The molecule has 2 aromatic carbocycles. The average molecular weight is 471 g/mol. The first-order chi connectivity index (χ1) is 15.7. The molecular formula is C24H23ClN2O6. The molecule has 3 aromatic rings. The normalized spacial score (nSPS) is 14.5. The van der Waals surface area contributed by atoms with Crippen molar-refractivity contribution in [1.82, 2.24) is 9.88 Å². The van der Waals surface area contributed by atoms with Gasteiger partial charge in [-0.05, 0) is 35.9 Å². The average Bonchev–Trinajstić information content (AvgIpc) is 2.77. The number of carbonyl (C=O) groups is 2. The van der Waals surface area contributed by atoms with E-state index in [1.807, 2.05) is 6.92 Å². The molecule has 1 fully saturated rings. The van der Waals surface area contributed by atoms with E-state index in [-0.39, 0.29) is 28.8 Å². The lowest BCUT2D eigenvalue weighted by atomic mass is 9.90. The second-order valence-corrected chi connectivity index (χ2v) is 8.98. The minimum Gasteiger partial charge on any atom is -0.491 e. The molecule has 172 valence electrons. The summed E-state index contributed by atoms with van der Waals surface area (Å²) in [6, 6.07) is 11.2. The Morgan fingerprint density at radius 2 is 1.91 bits per heavy atom. The molecule has 9 heteroatoms. The van der Waals surface area contributed by atoms with Gasteiger partial charge in [0.15, 0.2) is 0 Å². The number of halogens is 1. The first-order valence-electron chi connectivity index (χ1n) is 10.3. The number of rotatable bonds is 7. The lowest BCUT2D eigenvalue weighted by molar-refractivity contribution is -0.120. The van der Waals surface area contributed by atoms with Gasteiger partial charge in [-0.3, -0.25) is 9.59 Å². The first-order valence-corrected chi connectivity index (χ1v) is 10.7. The number of pyridine rings is 1. The molecule has 33 heavy (non-hydrogen) atoms. The number of fused-ring (bicyclic) bond motifs is 1. The van der Waals surface area contributed by atoms with Crippen molar-refractivity contribution in [3.8, 4) is 5.75 Å². The third kappa shape index (κ3) is 4.72. The Morgan fingerprint density at radius 1 is 1.21 bits per heavy atom. The molecule has 0 aliphatic carbocycles. The number of carboxylic acid groups (broad SMARTS) is 1. The maximum atomic E-state index is 13.0. The summed E-state index contributed by atoms with van der Waals surface area (Å²) in [6.07, 6.45) is 0. The number of benzene rings is 2. The lowest BCUT2D eigenvalue weighted by Crippen LogP contribution is -2.44. The number of nitrogens with one attached hydrogen (secondary N) is 1. The summed E-state index contributed by atoms with van der Waals surface area (Å²) in [5.41, 5.74) is 0.463. The maximum absolute atomic E-state index is 13.0. The van der Waals surface area contributed by atoms with E-state index in [9.17, 15) is 19.5 Å². The lowest BCUT2D eigenvalue weighted by Gasteiger charge is -2.37. The van der Waals surface area contributed by atoms with Gasteiger partial charge in [-0.25, -0.2) is 4.79 Å². The van der Waals surface area contributed by atoms with E-state index in [0.29, 0.717) is 35.7 Å². The summed E-state index contributed by atoms with van der Waals surface area (Å²) >= 11 is 5.88. The molecule has 1 aliphatic rings. The number of aromatic carboxylic acids is 1. The molecule has 0 atom stereocenters. The Bertz CT molecular complexity index is 1300.